The van der Waals surface area contributed by atoms with E-state index in [1.807, 2.05) is 68.4 Å². The first kappa shape index (κ1) is 18.9. The number of para-hydroxylation sites is 1. The van der Waals surface area contributed by atoms with Gasteiger partial charge in [0.1, 0.15) is 18.1 Å². The summed E-state index contributed by atoms with van der Waals surface area (Å²) in [5.74, 6) is 1.09. The Balaban J connectivity index is 1.87. The number of methoxy groups -OCH3 is 1. The molecule has 0 radical (unpaired) electrons. The van der Waals surface area contributed by atoms with Gasteiger partial charge in [0.2, 0.25) is 0 Å². The Hall–Kier alpha value is -3.47. The van der Waals surface area contributed by atoms with Crippen molar-refractivity contribution in [3.05, 3.63) is 65.7 Å². The minimum atomic E-state index is -0.419. The van der Waals surface area contributed by atoms with Gasteiger partial charge in [0.05, 0.1) is 18.8 Å². The maximum absolute atomic E-state index is 12.6. The fourth-order valence-corrected chi connectivity index (χ4v) is 3.61. The average Bonchev–Trinajstić information content (AvgIpc) is 2.72. The van der Waals surface area contributed by atoms with Crippen molar-refractivity contribution in [3.63, 3.8) is 0 Å². The minimum Gasteiger partial charge on any atom is -0.491 e. The Kier molecular flexibility index (Phi) is 4.89. The van der Waals surface area contributed by atoms with Gasteiger partial charge in [-0.3, -0.25) is 0 Å². The number of benzene rings is 3. The van der Waals surface area contributed by atoms with E-state index in [1.165, 1.54) is 7.11 Å². The number of hydrogen-bond donors (Lipinski definition) is 1. The SMILES string of the molecule is COC(=O)c1cc2c(cc1-c1ccccc1N)OCc1cc(OC(C)C)ccc1-2. The monoisotopic (exact) mass is 389 g/mol. The van der Waals surface area contributed by atoms with Gasteiger partial charge in [-0.25, -0.2) is 4.79 Å². The molecule has 29 heavy (non-hydrogen) atoms. The summed E-state index contributed by atoms with van der Waals surface area (Å²) in [6.07, 6.45) is 0.0923. The maximum Gasteiger partial charge on any atom is 0.338 e. The van der Waals surface area contributed by atoms with Crippen LogP contribution in [0.15, 0.2) is 54.6 Å². The van der Waals surface area contributed by atoms with Crippen LogP contribution in [0.1, 0.15) is 29.8 Å². The van der Waals surface area contributed by atoms with Crippen LogP contribution in [0.25, 0.3) is 22.3 Å². The Bertz CT molecular complexity index is 1090. The van der Waals surface area contributed by atoms with Gasteiger partial charge in [-0.05, 0) is 49.7 Å². The molecule has 0 aliphatic carbocycles. The highest BCUT2D eigenvalue weighted by Crippen LogP contribution is 2.43. The van der Waals surface area contributed by atoms with Crippen molar-refractivity contribution < 1.29 is 19.0 Å². The largest absolute Gasteiger partial charge is 0.491 e. The van der Waals surface area contributed by atoms with Gasteiger partial charge in [-0.15, -0.1) is 0 Å². The Morgan fingerprint density at radius 3 is 2.52 bits per heavy atom. The molecule has 2 N–H and O–H groups in total. The van der Waals surface area contributed by atoms with Crippen molar-refractivity contribution in [2.75, 3.05) is 12.8 Å². The quantitative estimate of drug-likeness (QED) is 0.498. The normalized spacial score (nSPS) is 12.0. The molecule has 3 aromatic rings. The van der Waals surface area contributed by atoms with Gasteiger partial charge in [0, 0.05) is 27.9 Å². The van der Waals surface area contributed by atoms with E-state index in [2.05, 4.69) is 0 Å². The number of ether oxygens (including phenoxy) is 3. The minimum absolute atomic E-state index is 0.0923. The number of carbonyl (C=O) groups is 1. The fourth-order valence-electron chi connectivity index (χ4n) is 3.61. The molecule has 5 heteroatoms. The number of hydrogen-bond acceptors (Lipinski definition) is 5. The van der Waals surface area contributed by atoms with Crippen molar-refractivity contribution >= 4 is 11.7 Å². The molecule has 0 unspecified atom stereocenters. The summed E-state index contributed by atoms with van der Waals surface area (Å²) in [6, 6.07) is 17.1. The standard InChI is InChI=1S/C24H23NO4/c1-14(2)29-16-8-9-17-15(10-16)13-28-23-12-19(18-6-4-5-7-22(18)25)21(11-20(17)23)24(26)27-3/h4-12,14H,13,25H2,1-3H3. The molecular weight excluding hydrogens is 366 g/mol. The Labute approximate surface area is 170 Å². The van der Waals surface area contributed by atoms with E-state index in [0.717, 1.165) is 28.0 Å². The number of fused-ring (bicyclic) bond motifs is 3. The summed E-state index contributed by atoms with van der Waals surface area (Å²) in [5, 5.41) is 0. The van der Waals surface area contributed by atoms with Crippen LogP contribution in [0, 0.1) is 0 Å². The van der Waals surface area contributed by atoms with Gasteiger partial charge in [0.25, 0.3) is 0 Å². The molecule has 0 saturated carbocycles. The lowest BCUT2D eigenvalue weighted by atomic mass is 9.90. The zero-order chi connectivity index (χ0) is 20.5. The zero-order valence-corrected chi connectivity index (χ0v) is 16.7. The second-order valence-electron chi connectivity index (χ2n) is 7.25. The summed E-state index contributed by atoms with van der Waals surface area (Å²) in [5.41, 5.74) is 11.5. The van der Waals surface area contributed by atoms with Crippen LogP contribution < -0.4 is 15.2 Å². The van der Waals surface area contributed by atoms with Crippen LogP contribution in [0.4, 0.5) is 5.69 Å². The van der Waals surface area contributed by atoms with Crippen molar-refractivity contribution in [3.8, 4) is 33.8 Å². The summed E-state index contributed by atoms with van der Waals surface area (Å²) in [4.78, 5) is 12.6. The fraction of sp³-hybridized carbons (Fsp3) is 0.208. The predicted molar refractivity (Wildman–Crippen MR) is 113 cm³/mol. The molecule has 0 atom stereocenters. The van der Waals surface area contributed by atoms with Gasteiger partial charge < -0.3 is 19.9 Å². The number of anilines is 1. The third-order valence-corrected chi connectivity index (χ3v) is 4.90. The summed E-state index contributed by atoms with van der Waals surface area (Å²) in [6.45, 7) is 4.41. The Morgan fingerprint density at radius 1 is 1.00 bits per heavy atom. The maximum atomic E-state index is 12.6. The summed E-state index contributed by atoms with van der Waals surface area (Å²) < 4.78 is 16.9. The second kappa shape index (κ2) is 7.51. The van der Waals surface area contributed by atoms with E-state index in [1.54, 1.807) is 0 Å². The van der Waals surface area contributed by atoms with E-state index < -0.39 is 5.97 Å². The highest BCUT2D eigenvalue weighted by atomic mass is 16.5. The number of carbonyl (C=O) groups excluding carboxylic acids is 1. The number of nitrogens with two attached hydrogens (primary N) is 1. The lowest BCUT2D eigenvalue weighted by Crippen LogP contribution is -2.11. The zero-order valence-electron chi connectivity index (χ0n) is 16.7. The van der Waals surface area contributed by atoms with Crippen LogP contribution in [-0.4, -0.2) is 19.2 Å². The number of esters is 1. The molecular formula is C24H23NO4. The lowest BCUT2D eigenvalue weighted by Gasteiger charge is -2.24. The second-order valence-corrected chi connectivity index (χ2v) is 7.25. The smallest absolute Gasteiger partial charge is 0.338 e. The molecule has 0 fully saturated rings. The molecule has 148 valence electrons. The van der Waals surface area contributed by atoms with Gasteiger partial charge in [-0.1, -0.05) is 24.3 Å². The first-order valence-corrected chi connectivity index (χ1v) is 9.52. The number of rotatable bonds is 4. The van der Waals surface area contributed by atoms with Crippen molar-refractivity contribution in [2.24, 2.45) is 0 Å². The van der Waals surface area contributed by atoms with E-state index in [0.29, 0.717) is 29.2 Å². The van der Waals surface area contributed by atoms with E-state index in [-0.39, 0.29) is 6.10 Å². The van der Waals surface area contributed by atoms with E-state index >= 15 is 0 Å². The lowest BCUT2D eigenvalue weighted by molar-refractivity contribution is 0.0601. The highest BCUT2D eigenvalue weighted by molar-refractivity contribution is 6.01. The van der Waals surface area contributed by atoms with Gasteiger partial charge in [0.15, 0.2) is 0 Å². The first-order chi connectivity index (χ1) is 14.0. The third kappa shape index (κ3) is 3.51. The molecule has 1 heterocycles. The van der Waals surface area contributed by atoms with Crippen LogP contribution in [-0.2, 0) is 11.3 Å². The molecule has 0 saturated heterocycles. The highest BCUT2D eigenvalue weighted by Gasteiger charge is 2.24. The molecule has 0 amide bonds. The molecule has 0 bridgehead atoms. The molecule has 1 aliphatic heterocycles. The van der Waals surface area contributed by atoms with Crippen molar-refractivity contribution in [1.82, 2.24) is 0 Å². The molecule has 0 spiro atoms. The molecule has 0 aromatic heterocycles. The molecule has 4 rings (SSSR count). The third-order valence-electron chi connectivity index (χ3n) is 4.90. The van der Waals surface area contributed by atoms with Gasteiger partial charge >= 0.3 is 5.97 Å². The van der Waals surface area contributed by atoms with Crippen molar-refractivity contribution in [1.29, 1.82) is 0 Å². The van der Waals surface area contributed by atoms with Crippen LogP contribution in [0.3, 0.4) is 0 Å². The Morgan fingerprint density at radius 2 is 1.79 bits per heavy atom. The average molecular weight is 389 g/mol. The van der Waals surface area contributed by atoms with Crippen LogP contribution >= 0.6 is 0 Å². The topological polar surface area (TPSA) is 70.8 Å². The summed E-state index contributed by atoms with van der Waals surface area (Å²) >= 11 is 0. The molecule has 5 nitrogen and oxygen atoms in total. The van der Waals surface area contributed by atoms with E-state index in [4.69, 9.17) is 19.9 Å². The van der Waals surface area contributed by atoms with Crippen LogP contribution in [0.2, 0.25) is 0 Å². The van der Waals surface area contributed by atoms with E-state index in [9.17, 15) is 4.79 Å². The predicted octanol–water partition coefficient (Wildman–Crippen LogP) is 5.07. The molecule has 3 aromatic carbocycles. The summed E-state index contributed by atoms with van der Waals surface area (Å²) in [7, 11) is 1.37. The number of nitrogen functional groups attached to an aromatic ring is 1. The van der Waals surface area contributed by atoms with Crippen molar-refractivity contribution in [2.45, 2.75) is 26.6 Å². The van der Waals surface area contributed by atoms with Crippen LogP contribution in [0.5, 0.6) is 11.5 Å². The van der Waals surface area contributed by atoms with Gasteiger partial charge in [-0.2, -0.15) is 0 Å². The molecule has 1 aliphatic rings. The first-order valence-electron chi connectivity index (χ1n) is 9.52.